The standard InChI is InChI=1S/C25H19FN2O2S/c26-20-9-11-21(12-10-20)28-25(30)23-4-2-1-3-22(23)24(29)27-15-17-5-7-18(8-6-17)19-13-14-31-16-19/h1-14,16H,15H2,(H,27,29)(H,28,30). The molecule has 1 heterocycles. The normalized spacial score (nSPS) is 10.5. The lowest BCUT2D eigenvalue weighted by atomic mass is 10.0. The highest BCUT2D eigenvalue weighted by Gasteiger charge is 2.16. The van der Waals surface area contributed by atoms with Crippen LogP contribution in [0.25, 0.3) is 11.1 Å². The Labute approximate surface area is 183 Å². The smallest absolute Gasteiger partial charge is 0.256 e. The van der Waals surface area contributed by atoms with Crippen molar-refractivity contribution in [1.29, 1.82) is 0 Å². The van der Waals surface area contributed by atoms with Gasteiger partial charge in [0.15, 0.2) is 0 Å². The van der Waals surface area contributed by atoms with Gasteiger partial charge in [0.1, 0.15) is 5.82 Å². The predicted molar refractivity (Wildman–Crippen MR) is 122 cm³/mol. The third kappa shape index (κ3) is 5.05. The van der Waals surface area contributed by atoms with Gasteiger partial charge in [0, 0.05) is 12.2 Å². The van der Waals surface area contributed by atoms with Crippen molar-refractivity contribution in [2.24, 2.45) is 0 Å². The molecule has 4 aromatic rings. The summed E-state index contributed by atoms with van der Waals surface area (Å²) in [4.78, 5) is 25.4. The van der Waals surface area contributed by atoms with Gasteiger partial charge in [-0.15, -0.1) is 0 Å². The Balaban J connectivity index is 1.43. The van der Waals surface area contributed by atoms with Crippen LogP contribution in [-0.2, 0) is 6.54 Å². The molecule has 2 amide bonds. The molecule has 4 rings (SSSR count). The number of carbonyl (C=O) groups excluding carboxylic acids is 2. The molecule has 0 radical (unpaired) electrons. The summed E-state index contributed by atoms with van der Waals surface area (Å²) in [6.07, 6.45) is 0. The van der Waals surface area contributed by atoms with Crippen LogP contribution in [0.3, 0.4) is 0 Å². The number of rotatable bonds is 6. The van der Waals surface area contributed by atoms with E-state index < -0.39 is 5.91 Å². The van der Waals surface area contributed by atoms with Gasteiger partial charge < -0.3 is 10.6 Å². The maximum Gasteiger partial charge on any atom is 0.256 e. The number of amides is 2. The third-order valence-electron chi connectivity index (χ3n) is 4.78. The molecule has 154 valence electrons. The van der Waals surface area contributed by atoms with Gasteiger partial charge in [-0.05, 0) is 69.9 Å². The molecule has 6 heteroatoms. The molecule has 0 aliphatic carbocycles. The Bertz CT molecular complexity index is 1190. The zero-order chi connectivity index (χ0) is 21.6. The molecule has 0 saturated heterocycles. The topological polar surface area (TPSA) is 58.2 Å². The minimum Gasteiger partial charge on any atom is -0.348 e. The molecule has 0 spiro atoms. The van der Waals surface area contributed by atoms with Crippen LogP contribution in [0, 0.1) is 5.82 Å². The van der Waals surface area contributed by atoms with E-state index in [0.717, 1.165) is 11.1 Å². The number of benzene rings is 3. The van der Waals surface area contributed by atoms with Gasteiger partial charge in [0.05, 0.1) is 11.1 Å². The second-order valence-electron chi connectivity index (χ2n) is 6.90. The fraction of sp³-hybridized carbons (Fsp3) is 0.0400. The van der Waals surface area contributed by atoms with E-state index in [4.69, 9.17) is 0 Å². The molecular formula is C25H19FN2O2S. The van der Waals surface area contributed by atoms with Gasteiger partial charge in [-0.1, -0.05) is 36.4 Å². The predicted octanol–water partition coefficient (Wildman–Crippen LogP) is 5.74. The summed E-state index contributed by atoms with van der Waals surface area (Å²) >= 11 is 1.65. The summed E-state index contributed by atoms with van der Waals surface area (Å²) in [6, 6.07) is 22.1. The van der Waals surface area contributed by atoms with E-state index in [0.29, 0.717) is 12.2 Å². The maximum absolute atomic E-state index is 13.1. The molecule has 31 heavy (non-hydrogen) atoms. The molecule has 0 atom stereocenters. The van der Waals surface area contributed by atoms with Crippen molar-refractivity contribution in [3.05, 3.63) is 112 Å². The lowest BCUT2D eigenvalue weighted by Crippen LogP contribution is -2.26. The Hall–Kier alpha value is -3.77. The number of hydrogen-bond acceptors (Lipinski definition) is 3. The van der Waals surface area contributed by atoms with Crippen LogP contribution in [0.1, 0.15) is 26.3 Å². The molecule has 0 unspecified atom stereocenters. The fourth-order valence-electron chi connectivity index (χ4n) is 3.13. The minimum atomic E-state index is -0.433. The van der Waals surface area contributed by atoms with Crippen molar-refractivity contribution in [3.63, 3.8) is 0 Å². The first-order chi connectivity index (χ1) is 15.1. The van der Waals surface area contributed by atoms with Crippen LogP contribution in [0.4, 0.5) is 10.1 Å². The van der Waals surface area contributed by atoms with E-state index in [1.54, 1.807) is 35.6 Å². The Morgan fingerprint density at radius 3 is 2.10 bits per heavy atom. The largest absolute Gasteiger partial charge is 0.348 e. The van der Waals surface area contributed by atoms with Crippen molar-refractivity contribution in [2.75, 3.05) is 5.32 Å². The number of carbonyl (C=O) groups is 2. The zero-order valence-electron chi connectivity index (χ0n) is 16.5. The summed E-state index contributed by atoms with van der Waals surface area (Å²) in [6.45, 7) is 0.344. The monoisotopic (exact) mass is 430 g/mol. The Morgan fingerprint density at radius 2 is 1.45 bits per heavy atom. The highest BCUT2D eigenvalue weighted by molar-refractivity contribution is 7.08. The molecule has 0 saturated carbocycles. The van der Waals surface area contributed by atoms with Gasteiger partial charge >= 0.3 is 0 Å². The van der Waals surface area contributed by atoms with Crippen molar-refractivity contribution in [2.45, 2.75) is 6.54 Å². The molecule has 0 bridgehead atoms. The highest BCUT2D eigenvalue weighted by Crippen LogP contribution is 2.22. The molecule has 0 fully saturated rings. The summed E-state index contributed by atoms with van der Waals surface area (Å²) < 4.78 is 13.1. The molecular weight excluding hydrogens is 411 g/mol. The van der Waals surface area contributed by atoms with E-state index in [-0.39, 0.29) is 22.9 Å². The van der Waals surface area contributed by atoms with Gasteiger partial charge in [0.25, 0.3) is 11.8 Å². The van der Waals surface area contributed by atoms with E-state index in [1.165, 1.54) is 29.8 Å². The third-order valence-corrected chi connectivity index (χ3v) is 5.46. The summed E-state index contributed by atoms with van der Waals surface area (Å²) in [5.74, 6) is -1.16. The van der Waals surface area contributed by atoms with Crippen LogP contribution < -0.4 is 10.6 Å². The number of hydrogen-bond donors (Lipinski definition) is 2. The quantitative estimate of drug-likeness (QED) is 0.410. The van der Waals surface area contributed by atoms with Gasteiger partial charge in [-0.3, -0.25) is 9.59 Å². The first-order valence-corrected chi connectivity index (χ1v) is 10.6. The van der Waals surface area contributed by atoms with E-state index in [2.05, 4.69) is 22.1 Å². The molecule has 0 aliphatic heterocycles. The lowest BCUT2D eigenvalue weighted by Gasteiger charge is -2.11. The summed E-state index contributed by atoms with van der Waals surface area (Å²) in [7, 11) is 0. The summed E-state index contributed by atoms with van der Waals surface area (Å²) in [5, 5.41) is 9.68. The first-order valence-electron chi connectivity index (χ1n) is 9.66. The van der Waals surface area contributed by atoms with E-state index in [9.17, 15) is 14.0 Å². The number of anilines is 1. The molecule has 2 N–H and O–H groups in total. The van der Waals surface area contributed by atoms with Gasteiger partial charge in [0.2, 0.25) is 0 Å². The van der Waals surface area contributed by atoms with Crippen LogP contribution in [0.5, 0.6) is 0 Å². The van der Waals surface area contributed by atoms with Crippen molar-refractivity contribution in [3.8, 4) is 11.1 Å². The van der Waals surface area contributed by atoms with Crippen LogP contribution in [0.2, 0.25) is 0 Å². The second-order valence-corrected chi connectivity index (χ2v) is 7.68. The van der Waals surface area contributed by atoms with E-state index >= 15 is 0 Å². The molecule has 3 aromatic carbocycles. The van der Waals surface area contributed by atoms with Crippen LogP contribution in [0.15, 0.2) is 89.6 Å². The Morgan fingerprint density at radius 1 is 0.774 bits per heavy atom. The number of nitrogens with one attached hydrogen (secondary N) is 2. The average Bonchev–Trinajstić information content (AvgIpc) is 3.34. The van der Waals surface area contributed by atoms with Gasteiger partial charge in [-0.2, -0.15) is 11.3 Å². The van der Waals surface area contributed by atoms with Crippen molar-refractivity contribution >= 4 is 28.8 Å². The first kappa shape index (κ1) is 20.5. The molecule has 4 nitrogen and oxygen atoms in total. The maximum atomic E-state index is 13.1. The lowest BCUT2D eigenvalue weighted by molar-refractivity contribution is 0.0938. The van der Waals surface area contributed by atoms with Crippen molar-refractivity contribution in [1.82, 2.24) is 5.32 Å². The SMILES string of the molecule is O=C(NCc1ccc(-c2ccsc2)cc1)c1ccccc1C(=O)Nc1ccc(F)cc1. The van der Waals surface area contributed by atoms with Crippen LogP contribution in [-0.4, -0.2) is 11.8 Å². The fourth-order valence-corrected chi connectivity index (χ4v) is 3.80. The molecule has 0 aliphatic rings. The van der Waals surface area contributed by atoms with Crippen molar-refractivity contribution < 1.29 is 14.0 Å². The Kier molecular flexibility index (Phi) is 6.19. The van der Waals surface area contributed by atoms with Crippen LogP contribution >= 0.6 is 11.3 Å². The highest BCUT2D eigenvalue weighted by atomic mass is 32.1. The second kappa shape index (κ2) is 9.36. The zero-order valence-corrected chi connectivity index (χ0v) is 17.3. The average molecular weight is 431 g/mol. The van der Waals surface area contributed by atoms with Gasteiger partial charge in [-0.25, -0.2) is 4.39 Å². The van der Waals surface area contributed by atoms with E-state index in [1.807, 2.05) is 29.6 Å². The molecule has 1 aromatic heterocycles. The minimum absolute atomic E-state index is 0.247. The number of thiophene rings is 1. The number of halogens is 1. The summed E-state index contributed by atoms with van der Waals surface area (Å²) in [5.41, 5.74) is 4.22.